The normalized spacial score (nSPS) is 16.1. The Hall–Kier alpha value is -3.65. The Balaban J connectivity index is 1.77. The molecule has 5 nitrogen and oxygen atoms in total. The van der Waals surface area contributed by atoms with Crippen LogP contribution in [0.4, 0.5) is 0 Å². The number of nitriles is 1. The Bertz CT molecular complexity index is 1190. The third-order valence-electron chi connectivity index (χ3n) is 5.95. The van der Waals surface area contributed by atoms with Crippen LogP contribution < -0.4 is 0 Å². The van der Waals surface area contributed by atoms with Crippen LogP contribution in [0.15, 0.2) is 54.7 Å². The fraction of sp³-hybridized carbons (Fsp3) is 0.174. The Morgan fingerprint density at radius 1 is 1.11 bits per heavy atom. The molecule has 5 rings (SSSR count). The molecule has 1 fully saturated rings. The van der Waals surface area contributed by atoms with Gasteiger partial charge in [-0.2, -0.15) is 5.26 Å². The first-order chi connectivity index (χ1) is 13.6. The molecule has 0 saturated heterocycles. The van der Waals surface area contributed by atoms with Crippen molar-refractivity contribution < 1.29 is 9.59 Å². The maximum atomic E-state index is 13.1. The molecule has 0 bridgehead atoms. The topological polar surface area (TPSA) is 66.1 Å². The lowest BCUT2D eigenvalue weighted by Crippen LogP contribution is -2.36. The zero-order chi connectivity index (χ0) is 19.5. The van der Waals surface area contributed by atoms with Crippen LogP contribution in [0.3, 0.4) is 0 Å². The van der Waals surface area contributed by atoms with Crippen LogP contribution in [-0.4, -0.2) is 28.7 Å². The molecule has 1 spiro atoms. The monoisotopic (exact) mass is 367 g/mol. The van der Waals surface area contributed by atoms with E-state index in [0.29, 0.717) is 16.8 Å². The van der Waals surface area contributed by atoms with Gasteiger partial charge in [0.25, 0.3) is 5.91 Å². The number of nitrogens with zero attached hydrogens (tertiary/aromatic N) is 3. The van der Waals surface area contributed by atoms with Gasteiger partial charge in [0.2, 0.25) is 0 Å². The van der Waals surface area contributed by atoms with Crippen LogP contribution in [-0.2, 0) is 5.54 Å². The molecule has 1 amide bonds. The van der Waals surface area contributed by atoms with Crippen molar-refractivity contribution in [3.05, 3.63) is 77.1 Å². The largest absolute Gasteiger partial charge is 0.331 e. The molecular weight excluding hydrogens is 350 g/mol. The zero-order valence-electron chi connectivity index (χ0n) is 15.3. The number of aromatic nitrogens is 1. The van der Waals surface area contributed by atoms with E-state index in [1.54, 1.807) is 18.3 Å². The molecule has 2 aliphatic rings. The minimum atomic E-state index is -0.278. The van der Waals surface area contributed by atoms with Gasteiger partial charge in [0.15, 0.2) is 6.29 Å². The molecule has 0 unspecified atom stereocenters. The lowest BCUT2D eigenvalue weighted by Gasteiger charge is -2.27. The number of aldehydes is 1. The quantitative estimate of drug-likeness (QED) is 0.645. The average Bonchev–Trinajstić information content (AvgIpc) is 3.44. The van der Waals surface area contributed by atoms with Gasteiger partial charge < -0.3 is 9.47 Å². The number of amides is 1. The van der Waals surface area contributed by atoms with Gasteiger partial charge in [0.05, 0.1) is 22.9 Å². The van der Waals surface area contributed by atoms with Crippen molar-refractivity contribution in [1.29, 1.82) is 5.26 Å². The molecule has 0 N–H and O–H groups in total. The summed E-state index contributed by atoms with van der Waals surface area (Å²) in [5.41, 5.74) is 5.22. The maximum absolute atomic E-state index is 13.1. The van der Waals surface area contributed by atoms with Gasteiger partial charge in [-0.25, -0.2) is 0 Å². The Kier molecular flexibility index (Phi) is 3.35. The van der Waals surface area contributed by atoms with Crippen LogP contribution >= 0.6 is 0 Å². The van der Waals surface area contributed by atoms with E-state index in [1.807, 2.05) is 40.8 Å². The van der Waals surface area contributed by atoms with Crippen molar-refractivity contribution in [3.8, 4) is 22.9 Å². The van der Waals surface area contributed by atoms with Gasteiger partial charge >= 0.3 is 0 Å². The third kappa shape index (κ3) is 2.18. The van der Waals surface area contributed by atoms with Gasteiger partial charge in [-0.05, 0) is 48.2 Å². The van der Waals surface area contributed by atoms with Crippen LogP contribution in [0.25, 0.3) is 16.8 Å². The van der Waals surface area contributed by atoms with Gasteiger partial charge in [-0.15, -0.1) is 0 Å². The van der Waals surface area contributed by atoms with Crippen molar-refractivity contribution in [2.75, 3.05) is 7.05 Å². The highest BCUT2D eigenvalue weighted by Crippen LogP contribution is 2.54. The SMILES string of the molecule is CN1C(=O)c2cc(C=O)cn2-c2cc(-c3cccc(C#N)c3)ccc2C12CC2. The lowest BCUT2D eigenvalue weighted by molar-refractivity contribution is 0.0705. The third-order valence-corrected chi connectivity index (χ3v) is 5.95. The van der Waals surface area contributed by atoms with E-state index in [-0.39, 0.29) is 11.4 Å². The summed E-state index contributed by atoms with van der Waals surface area (Å²) < 4.78 is 1.84. The average molecular weight is 367 g/mol. The van der Waals surface area contributed by atoms with Gasteiger partial charge in [-0.3, -0.25) is 9.59 Å². The maximum Gasteiger partial charge on any atom is 0.271 e. The van der Waals surface area contributed by atoms with E-state index < -0.39 is 0 Å². The van der Waals surface area contributed by atoms with Crippen LogP contribution in [0.5, 0.6) is 0 Å². The molecule has 2 aromatic carbocycles. The molecule has 136 valence electrons. The van der Waals surface area contributed by atoms with Crippen molar-refractivity contribution in [2.45, 2.75) is 18.4 Å². The smallest absolute Gasteiger partial charge is 0.271 e. The molecule has 5 heteroatoms. The first-order valence-electron chi connectivity index (χ1n) is 9.18. The number of carbonyl (C=O) groups is 2. The van der Waals surface area contributed by atoms with E-state index in [9.17, 15) is 14.9 Å². The number of hydrogen-bond acceptors (Lipinski definition) is 3. The summed E-state index contributed by atoms with van der Waals surface area (Å²) in [6, 6.07) is 17.5. The summed E-state index contributed by atoms with van der Waals surface area (Å²) in [5, 5.41) is 9.20. The minimum Gasteiger partial charge on any atom is -0.331 e. The molecule has 1 aliphatic carbocycles. The minimum absolute atomic E-state index is 0.0742. The van der Waals surface area contributed by atoms with Crippen molar-refractivity contribution in [1.82, 2.24) is 9.47 Å². The fourth-order valence-electron chi connectivity index (χ4n) is 4.25. The second-order valence-electron chi connectivity index (χ2n) is 7.47. The molecule has 0 radical (unpaired) electrons. The second-order valence-corrected chi connectivity index (χ2v) is 7.47. The van der Waals surface area contributed by atoms with E-state index in [0.717, 1.165) is 41.5 Å². The molecule has 1 aromatic heterocycles. The van der Waals surface area contributed by atoms with Crippen LogP contribution in [0.1, 0.15) is 44.8 Å². The molecular formula is C23H17N3O2. The molecule has 2 heterocycles. The van der Waals surface area contributed by atoms with Gasteiger partial charge in [0, 0.05) is 24.4 Å². The first-order valence-corrected chi connectivity index (χ1v) is 9.18. The highest BCUT2D eigenvalue weighted by atomic mass is 16.2. The van der Waals surface area contributed by atoms with E-state index in [1.165, 1.54) is 0 Å². The fourth-order valence-corrected chi connectivity index (χ4v) is 4.25. The summed E-state index contributed by atoms with van der Waals surface area (Å²) in [6.07, 6.45) is 4.35. The summed E-state index contributed by atoms with van der Waals surface area (Å²) >= 11 is 0. The van der Waals surface area contributed by atoms with E-state index >= 15 is 0 Å². The first kappa shape index (κ1) is 16.5. The Labute approximate surface area is 162 Å². The lowest BCUT2D eigenvalue weighted by atomic mass is 9.96. The van der Waals surface area contributed by atoms with Crippen LogP contribution in [0, 0.1) is 11.3 Å². The Morgan fingerprint density at radius 3 is 2.61 bits per heavy atom. The number of hydrogen-bond donors (Lipinski definition) is 0. The predicted octanol–water partition coefficient (Wildman–Crippen LogP) is 3.90. The van der Waals surface area contributed by atoms with Crippen LogP contribution in [0.2, 0.25) is 0 Å². The molecule has 1 aliphatic heterocycles. The van der Waals surface area contributed by atoms with Gasteiger partial charge in [0.1, 0.15) is 5.69 Å². The Morgan fingerprint density at radius 2 is 1.89 bits per heavy atom. The standard InChI is InChI=1S/C23H17N3O2/c1-25-22(28)21-10-16(14-27)13-26(21)20-11-18(5-6-19(20)23(25)7-8-23)17-4-2-3-15(9-17)12-24/h2-6,9-11,13-14H,7-8H2,1H3. The predicted molar refractivity (Wildman–Crippen MR) is 104 cm³/mol. The summed E-state index contributed by atoms with van der Waals surface area (Å²) in [5.74, 6) is -0.0742. The number of carbonyl (C=O) groups excluding carboxylic acids is 2. The summed E-state index contributed by atoms with van der Waals surface area (Å²) in [4.78, 5) is 26.2. The van der Waals surface area contributed by atoms with E-state index in [2.05, 4.69) is 18.2 Å². The summed E-state index contributed by atoms with van der Waals surface area (Å²) in [6.45, 7) is 0. The summed E-state index contributed by atoms with van der Waals surface area (Å²) in [7, 11) is 1.84. The van der Waals surface area contributed by atoms with Gasteiger partial charge in [-0.1, -0.05) is 24.3 Å². The van der Waals surface area contributed by atoms with Crippen molar-refractivity contribution in [3.63, 3.8) is 0 Å². The molecule has 3 aromatic rings. The highest BCUT2D eigenvalue weighted by molar-refractivity contribution is 5.97. The number of rotatable bonds is 2. The molecule has 1 saturated carbocycles. The molecule has 28 heavy (non-hydrogen) atoms. The molecule has 0 atom stereocenters. The van der Waals surface area contributed by atoms with Crippen molar-refractivity contribution >= 4 is 12.2 Å². The number of fused-ring (bicyclic) bond motifs is 4. The second kappa shape index (κ2) is 5.67. The van der Waals surface area contributed by atoms with Crippen molar-refractivity contribution in [2.24, 2.45) is 0 Å². The zero-order valence-corrected chi connectivity index (χ0v) is 15.3. The van der Waals surface area contributed by atoms with E-state index in [4.69, 9.17) is 0 Å². The number of benzene rings is 2. The highest BCUT2D eigenvalue weighted by Gasteiger charge is 2.53.